The van der Waals surface area contributed by atoms with Crippen LogP contribution in [0.3, 0.4) is 0 Å². The molecule has 0 unspecified atom stereocenters. The van der Waals surface area contributed by atoms with E-state index in [1.165, 1.54) is 196 Å². The van der Waals surface area contributed by atoms with Gasteiger partial charge in [0.1, 0.15) is 0 Å². The number of fused-ring (bicyclic) bond motifs is 25. The smallest absolute Gasteiger partial charge is 0.0917 e. The Morgan fingerprint density at radius 3 is 0.760 bits per heavy atom. The number of rotatable bonds is 15. The molecule has 10 nitrogen and oxygen atoms in total. The Balaban J connectivity index is 0.000000115. The van der Waals surface area contributed by atoms with Crippen LogP contribution in [0.1, 0.15) is 312 Å². The molecule has 20 aliphatic carbocycles. The van der Waals surface area contributed by atoms with Gasteiger partial charge in [0.25, 0.3) is 0 Å². The van der Waals surface area contributed by atoms with Crippen molar-refractivity contribution in [1.82, 2.24) is 0 Å². The summed E-state index contributed by atoms with van der Waals surface area (Å²) in [4.78, 5) is 0. The Morgan fingerprint density at radius 2 is 0.528 bits per heavy atom. The van der Waals surface area contributed by atoms with E-state index < -0.39 is 28.0 Å². The zero-order valence-electron chi connectivity index (χ0n) is 80.2. The summed E-state index contributed by atoms with van der Waals surface area (Å²) in [6.07, 6.45) is 60.2. The van der Waals surface area contributed by atoms with E-state index in [0.29, 0.717) is 76.5 Å². The van der Waals surface area contributed by atoms with Crippen molar-refractivity contribution in [2.75, 3.05) is 65.0 Å². The van der Waals surface area contributed by atoms with Gasteiger partial charge in [0.15, 0.2) is 0 Å². The zero-order valence-corrected chi connectivity index (χ0v) is 83.4. The number of methoxy groups -OCH3 is 3. The van der Waals surface area contributed by atoms with Gasteiger partial charge in [0.05, 0.1) is 61.0 Å². The van der Waals surface area contributed by atoms with E-state index >= 15 is 0 Å². The van der Waals surface area contributed by atoms with Gasteiger partial charge >= 0.3 is 0 Å². The van der Waals surface area contributed by atoms with Crippen molar-refractivity contribution in [1.29, 1.82) is 0 Å². The fourth-order valence-electron chi connectivity index (χ4n) is 37.1. The quantitative estimate of drug-likeness (QED) is 0.0619. The van der Waals surface area contributed by atoms with Gasteiger partial charge in [0, 0.05) is 32.0 Å². The van der Waals surface area contributed by atoms with Crippen molar-refractivity contribution in [3.63, 3.8) is 0 Å². The maximum absolute atomic E-state index is 10.8. The van der Waals surface area contributed by atoms with Gasteiger partial charge < -0.3 is 50.0 Å². The standard InChI is InChI=1S/C23H35BrO2.C23H36O3.C23H36O2.C22H33BrO.C22H34O2/c2*1-15(13-24)20-6-7-21-19-5-4-16-12-23(25,14-26-3)11-9-17(16)18(19)8-10-22(20,21)2;1-15(2)20-7-8-21-19-6-5-16-13-23(24,14-25-4)12-10-17(16)18(19)9-11-22(20,21)3;2*1-14(13-23)19-6-7-20-18-5-4-15-12-21(2,24)10-8-16(15)17(18)9-11-22(19,20)3/h4,17-21,25H,1,5-14H2,2-3H3;4,17-21,24-25H,1,5-14H2,2-3H3;5,17-21,24H,1,6-14H2,2-4H3;4,16-20,24H,1,5-13H2,2-3H3;4,16-20,23-24H,1,5-13H2,2-3H3/t3*17-,18+,19+,20+,21-,22+,23-;2*16-,17+,18+,19+,20-,21-,22+/m00000/s1. The first kappa shape index (κ1) is 96.1. The topological polar surface area (TPSA) is 169 Å². The summed E-state index contributed by atoms with van der Waals surface area (Å²) in [7, 11) is 5.10. The van der Waals surface area contributed by atoms with Crippen molar-refractivity contribution in [3.05, 3.63) is 119 Å². The number of ether oxygens (including phenoxy) is 3. The van der Waals surface area contributed by atoms with Crippen LogP contribution in [0.15, 0.2) is 119 Å². The molecule has 700 valence electrons. The third-order valence-electron chi connectivity index (χ3n) is 42.8. The first-order chi connectivity index (χ1) is 59.4. The zero-order chi connectivity index (χ0) is 89.1. The molecular formula is C113H174Br2O10. The number of aliphatic hydroxyl groups excluding tert-OH is 2. The summed E-state index contributed by atoms with van der Waals surface area (Å²) in [5.74, 6) is 19.4. The molecule has 20 aliphatic rings. The molecule has 0 aromatic carbocycles. The molecule has 15 saturated carbocycles. The van der Waals surface area contributed by atoms with Crippen LogP contribution in [0, 0.1) is 175 Å². The average molecular weight is 1850 g/mol. The van der Waals surface area contributed by atoms with Gasteiger partial charge in [-0.25, -0.2) is 0 Å². The Bertz CT molecular complexity index is 3880. The summed E-state index contributed by atoms with van der Waals surface area (Å²) in [6.45, 7) is 42.2. The van der Waals surface area contributed by atoms with Gasteiger partial charge in [-0.2, -0.15) is 0 Å². The minimum absolute atomic E-state index is 0.145. The minimum atomic E-state index is -0.648. The second-order valence-corrected chi connectivity index (χ2v) is 50.4. The summed E-state index contributed by atoms with van der Waals surface area (Å²) in [5, 5.41) is 74.6. The predicted octanol–water partition coefficient (Wildman–Crippen LogP) is 25.1. The Morgan fingerprint density at radius 1 is 0.304 bits per heavy atom. The number of aliphatic hydroxyl groups is 7. The van der Waals surface area contributed by atoms with Crippen LogP contribution in [0.25, 0.3) is 0 Å². The lowest BCUT2D eigenvalue weighted by atomic mass is 9.51. The van der Waals surface area contributed by atoms with Crippen LogP contribution < -0.4 is 0 Å². The highest BCUT2D eigenvalue weighted by Gasteiger charge is 2.64. The molecule has 0 radical (unpaired) electrons. The second kappa shape index (κ2) is 37.6. The molecule has 0 aliphatic heterocycles. The molecule has 0 bridgehead atoms. The Kier molecular flexibility index (Phi) is 28.9. The molecule has 0 saturated heterocycles. The van der Waals surface area contributed by atoms with Crippen LogP contribution >= 0.6 is 31.9 Å². The van der Waals surface area contributed by atoms with Gasteiger partial charge in [0.2, 0.25) is 0 Å². The number of halogens is 2. The Hall–Kier alpha value is -2.04. The van der Waals surface area contributed by atoms with E-state index in [1.54, 1.807) is 43.6 Å². The molecule has 15 fully saturated rings. The summed E-state index contributed by atoms with van der Waals surface area (Å²) in [6, 6.07) is 0. The van der Waals surface area contributed by atoms with E-state index in [-0.39, 0.29) is 13.2 Å². The molecule has 12 heteroatoms. The van der Waals surface area contributed by atoms with Gasteiger partial charge in [-0.15, -0.1) is 0 Å². The number of allylic oxidation sites excluding steroid dienone is 8. The SMILES string of the molecule is C=C(C)[C@H]1CC[C@H]2[C@@H]3CC=C4C[C@](O)(COC)CC[C@@H]4[C@H]3CC[C@]12C.C=C(CBr)[C@H]1CC[C@H]2[C@@H]3CC=C4C[C@@](C)(O)CC[C@@H]4[C@H]3CC[C@]12C.C=C(CBr)[C@H]1CC[C@H]2[C@@H]3CC=C4C[C@](O)(COC)CC[C@@H]4[C@H]3CC[C@]12C.C=C(CO)[C@H]1CC[C@H]2[C@@H]3CC=C4C[C@@](C)(O)CC[C@@H]4[C@H]3CC[C@]12C.C=C(CO)[C@H]1CC[C@H]2[C@@H]3CC=C4C[C@](O)(COC)CC[C@@H]4[C@H]3CC[C@]12C. The van der Waals surface area contributed by atoms with E-state index in [9.17, 15) is 35.7 Å². The van der Waals surface area contributed by atoms with Crippen molar-refractivity contribution < 1.29 is 50.0 Å². The molecule has 0 aromatic heterocycles. The summed E-state index contributed by atoms with van der Waals surface area (Å²) >= 11 is 7.32. The first-order valence-electron chi connectivity index (χ1n) is 51.7. The van der Waals surface area contributed by atoms with Gasteiger partial charge in [-0.05, 0) is 464 Å². The average Bonchev–Trinajstić information content (AvgIpc) is 1.66. The highest BCUT2D eigenvalue weighted by Crippen LogP contribution is 2.72. The maximum atomic E-state index is 10.8. The van der Waals surface area contributed by atoms with Crippen LogP contribution in [0.2, 0.25) is 0 Å². The molecule has 7 N–H and O–H groups in total. The highest BCUT2D eigenvalue weighted by molar-refractivity contribution is 9.09. The lowest BCUT2D eigenvalue weighted by Gasteiger charge is -2.54. The monoisotopic (exact) mass is 1850 g/mol. The van der Waals surface area contributed by atoms with E-state index in [4.69, 9.17) is 14.2 Å². The molecule has 20 rings (SSSR count). The number of hydrogen-bond donors (Lipinski definition) is 7. The van der Waals surface area contributed by atoms with Crippen LogP contribution in [-0.4, -0.2) is 129 Å². The van der Waals surface area contributed by atoms with Crippen molar-refractivity contribution >= 4 is 31.9 Å². The van der Waals surface area contributed by atoms with E-state index in [0.717, 1.165) is 224 Å². The molecule has 125 heavy (non-hydrogen) atoms. The van der Waals surface area contributed by atoms with E-state index in [2.05, 4.69) is 137 Å². The lowest BCUT2D eigenvalue weighted by molar-refractivity contribution is -0.0677. The fourth-order valence-corrected chi connectivity index (χ4v) is 37.9. The third-order valence-corrected chi connectivity index (χ3v) is 44.2. The number of alkyl halides is 2. The summed E-state index contributed by atoms with van der Waals surface area (Å²) in [5.41, 5.74) is 13.4. The predicted molar refractivity (Wildman–Crippen MR) is 518 cm³/mol. The molecule has 0 aromatic rings. The van der Waals surface area contributed by atoms with Crippen LogP contribution in [-0.2, 0) is 14.2 Å². The third kappa shape index (κ3) is 17.9. The lowest BCUT2D eigenvalue weighted by Crippen LogP contribution is -2.48. The summed E-state index contributed by atoms with van der Waals surface area (Å²) < 4.78 is 15.9. The first-order valence-corrected chi connectivity index (χ1v) is 53.9. The van der Waals surface area contributed by atoms with Crippen LogP contribution in [0.5, 0.6) is 0 Å². The molecular weight excluding hydrogens is 1680 g/mol. The van der Waals surface area contributed by atoms with Crippen LogP contribution in [0.4, 0.5) is 0 Å². The molecule has 0 heterocycles. The molecule has 0 spiro atoms. The van der Waals surface area contributed by atoms with E-state index in [1.807, 2.05) is 13.8 Å². The number of hydrogen-bond acceptors (Lipinski definition) is 10. The highest BCUT2D eigenvalue weighted by atomic mass is 79.9. The molecule has 0 amide bonds. The van der Waals surface area contributed by atoms with Gasteiger partial charge in [-0.1, -0.05) is 174 Å². The van der Waals surface area contributed by atoms with Crippen molar-refractivity contribution in [2.24, 2.45) is 175 Å². The molecule has 35 atom stereocenters. The fraction of sp³-hybridized carbons (Fsp3) is 0.823. The normalized spacial score (nSPS) is 49.0. The second-order valence-electron chi connectivity index (χ2n) is 49.3. The van der Waals surface area contributed by atoms with Gasteiger partial charge in [-0.3, -0.25) is 0 Å². The maximum Gasteiger partial charge on any atom is 0.0917 e. The van der Waals surface area contributed by atoms with Crippen molar-refractivity contribution in [2.45, 2.75) is 340 Å². The Labute approximate surface area is 775 Å². The van der Waals surface area contributed by atoms with Crippen molar-refractivity contribution in [3.8, 4) is 0 Å². The largest absolute Gasteiger partial charge is 0.392 e. The minimum Gasteiger partial charge on any atom is -0.392 e.